The fourth-order valence-electron chi connectivity index (χ4n) is 11.2. The number of ether oxygens (including phenoxy) is 4. The van der Waals surface area contributed by atoms with Gasteiger partial charge < -0.3 is 23.7 Å². The van der Waals surface area contributed by atoms with Gasteiger partial charge in [-0.15, -0.1) is 0 Å². The summed E-state index contributed by atoms with van der Waals surface area (Å²) < 4.78 is 24.8. The van der Waals surface area contributed by atoms with Gasteiger partial charge in [-0.05, 0) is 142 Å². The highest BCUT2D eigenvalue weighted by Gasteiger charge is 2.69. The van der Waals surface area contributed by atoms with Gasteiger partial charge in [0.15, 0.2) is 0 Å². The molecule has 5 aliphatic rings. The van der Waals surface area contributed by atoms with Crippen molar-refractivity contribution in [1.29, 1.82) is 0 Å². The van der Waals surface area contributed by atoms with E-state index < -0.39 is 38.5 Å². The average Bonchev–Trinajstić information content (AvgIpc) is 3.81. The average molecular weight is 745 g/mol. The summed E-state index contributed by atoms with van der Waals surface area (Å²) in [6, 6.07) is 0. The molecular formula is C45H76O8. The number of fused-ring (bicyclic) bond motifs is 2. The Morgan fingerprint density at radius 3 is 1.53 bits per heavy atom. The predicted molar refractivity (Wildman–Crippen MR) is 208 cm³/mol. The molecule has 8 heteroatoms. The van der Waals surface area contributed by atoms with E-state index in [0.29, 0.717) is 12.8 Å². The van der Waals surface area contributed by atoms with Gasteiger partial charge in [0.2, 0.25) is 0 Å². The molecule has 5 rings (SSSR count). The van der Waals surface area contributed by atoms with Crippen LogP contribution >= 0.6 is 0 Å². The Morgan fingerprint density at radius 1 is 0.660 bits per heavy atom. The number of rotatable bonds is 11. The molecular weight excluding hydrogens is 668 g/mol. The smallest absolute Gasteiger partial charge is 0.312 e. The second-order valence-corrected chi connectivity index (χ2v) is 21.4. The minimum atomic E-state index is -1.20. The molecule has 0 heterocycles. The summed E-state index contributed by atoms with van der Waals surface area (Å²) in [6.07, 6.45) is 15.7. The summed E-state index contributed by atoms with van der Waals surface area (Å²) in [5.74, 6) is -1.03. The molecule has 8 nitrogen and oxygen atoms in total. The van der Waals surface area contributed by atoms with Crippen molar-refractivity contribution < 1.29 is 38.1 Å². The zero-order valence-corrected chi connectivity index (χ0v) is 35.9. The van der Waals surface area contributed by atoms with Crippen molar-refractivity contribution in [3.63, 3.8) is 0 Å². The fraction of sp³-hybridized carbons (Fsp3) is 0.911. The molecule has 304 valence electrons. The highest BCUT2D eigenvalue weighted by Crippen LogP contribution is 2.65. The summed E-state index contributed by atoms with van der Waals surface area (Å²) in [5.41, 5.74) is -6.15. The number of aldehydes is 1. The molecule has 0 aliphatic heterocycles. The van der Waals surface area contributed by atoms with Crippen molar-refractivity contribution in [2.24, 2.45) is 33.0 Å². The number of hydrogen-bond acceptors (Lipinski definition) is 8. The van der Waals surface area contributed by atoms with Gasteiger partial charge in [-0.1, -0.05) is 54.4 Å². The highest BCUT2D eigenvalue weighted by molar-refractivity contribution is 5.84. The van der Waals surface area contributed by atoms with Crippen LogP contribution in [0.15, 0.2) is 0 Å². The molecule has 0 radical (unpaired) electrons. The molecule has 5 unspecified atom stereocenters. The Balaban J connectivity index is 0.000000692. The molecule has 0 aromatic heterocycles. The van der Waals surface area contributed by atoms with E-state index in [1.165, 1.54) is 25.7 Å². The van der Waals surface area contributed by atoms with Crippen molar-refractivity contribution in [3.8, 4) is 0 Å². The van der Waals surface area contributed by atoms with Crippen molar-refractivity contribution in [2.75, 3.05) is 7.11 Å². The standard InChI is InChI=1S/C38H62O7.C7H14O/c1-11-36(26-39)23-37(30(42)44-34(9)18-14-15-19-34)21-32(7,28(40)43-33(8)16-12-13-17-33)22-38(24-36,25-37)45-29(41)35(10,27(2)3)20-31(4,5)6;1-7(8-2)5-3-4-6-7/h26-27H,11-25H2,1-10H3;3-6H2,1-2H3. The first kappa shape index (κ1) is 43.8. The molecule has 0 amide bonds. The summed E-state index contributed by atoms with van der Waals surface area (Å²) >= 11 is 0. The third-order valence-electron chi connectivity index (χ3n) is 14.4. The van der Waals surface area contributed by atoms with E-state index in [1.807, 2.05) is 55.6 Å². The monoisotopic (exact) mass is 745 g/mol. The minimum absolute atomic E-state index is 0.00878. The number of hydrogen-bond donors (Lipinski definition) is 0. The quantitative estimate of drug-likeness (QED) is 0.117. The van der Waals surface area contributed by atoms with E-state index in [2.05, 4.69) is 27.7 Å². The van der Waals surface area contributed by atoms with Crippen LogP contribution in [-0.2, 0) is 38.1 Å². The molecule has 0 N–H and O–H groups in total. The minimum Gasteiger partial charge on any atom is -0.459 e. The Hall–Kier alpha value is -1.96. The predicted octanol–water partition coefficient (Wildman–Crippen LogP) is 10.6. The number of carbonyl (C=O) groups is 4. The molecule has 5 saturated carbocycles. The third-order valence-corrected chi connectivity index (χ3v) is 14.4. The first-order valence-electron chi connectivity index (χ1n) is 21.1. The molecule has 5 fully saturated rings. The molecule has 53 heavy (non-hydrogen) atoms. The lowest BCUT2D eigenvalue weighted by Gasteiger charge is -2.60. The summed E-state index contributed by atoms with van der Waals surface area (Å²) in [7, 11) is 1.81. The van der Waals surface area contributed by atoms with E-state index in [4.69, 9.17) is 18.9 Å². The Labute approximate surface area is 322 Å². The van der Waals surface area contributed by atoms with Crippen LogP contribution in [0.5, 0.6) is 0 Å². The van der Waals surface area contributed by atoms with Crippen LogP contribution in [0.2, 0.25) is 0 Å². The topological polar surface area (TPSA) is 105 Å². The Bertz CT molecular complexity index is 1320. The second-order valence-electron chi connectivity index (χ2n) is 21.4. The van der Waals surface area contributed by atoms with Gasteiger partial charge in [0.05, 0.1) is 21.8 Å². The van der Waals surface area contributed by atoms with Gasteiger partial charge in [0.25, 0.3) is 0 Å². The van der Waals surface area contributed by atoms with Crippen LogP contribution in [0.3, 0.4) is 0 Å². The van der Waals surface area contributed by atoms with Crippen LogP contribution in [0.4, 0.5) is 0 Å². The number of esters is 3. The largest absolute Gasteiger partial charge is 0.459 e. The fourth-order valence-corrected chi connectivity index (χ4v) is 11.2. The zero-order valence-electron chi connectivity index (χ0n) is 35.9. The van der Waals surface area contributed by atoms with E-state index in [1.54, 1.807) is 0 Å². The Kier molecular flexibility index (Phi) is 12.8. The van der Waals surface area contributed by atoms with Gasteiger partial charge in [0.1, 0.15) is 23.1 Å². The molecule has 2 bridgehead atoms. The van der Waals surface area contributed by atoms with Crippen LogP contribution in [0, 0.1) is 33.0 Å². The van der Waals surface area contributed by atoms with Crippen LogP contribution in [0.1, 0.15) is 198 Å². The van der Waals surface area contributed by atoms with Crippen molar-refractivity contribution in [3.05, 3.63) is 0 Å². The normalized spacial score (nSPS) is 34.0. The van der Waals surface area contributed by atoms with Crippen molar-refractivity contribution in [1.82, 2.24) is 0 Å². The van der Waals surface area contributed by atoms with Gasteiger partial charge in [0, 0.05) is 25.4 Å². The summed E-state index contributed by atoms with van der Waals surface area (Å²) in [6.45, 7) is 22.5. The van der Waals surface area contributed by atoms with E-state index in [0.717, 1.165) is 57.7 Å². The molecule has 0 spiro atoms. The molecule has 5 aliphatic carbocycles. The number of carbonyl (C=O) groups excluding carboxylic acids is 4. The maximum atomic E-state index is 14.6. The molecule has 5 atom stereocenters. The highest BCUT2D eigenvalue weighted by atomic mass is 16.6. The number of methoxy groups -OCH3 is 1. The first-order chi connectivity index (χ1) is 24.4. The van der Waals surface area contributed by atoms with Crippen LogP contribution < -0.4 is 0 Å². The second kappa shape index (κ2) is 15.5. The Morgan fingerprint density at radius 2 is 1.13 bits per heavy atom. The molecule has 0 aromatic carbocycles. The van der Waals surface area contributed by atoms with E-state index in [9.17, 15) is 19.2 Å². The van der Waals surface area contributed by atoms with Crippen molar-refractivity contribution >= 4 is 24.2 Å². The molecule has 0 saturated heterocycles. The maximum Gasteiger partial charge on any atom is 0.312 e. The first-order valence-corrected chi connectivity index (χ1v) is 21.1. The lowest BCUT2D eigenvalue weighted by Crippen LogP contribution is -2.64. The van der Waals surface area contributed by atoms with Gasteiger partial charge >= 0.3 is 17.9 Å². The van der Waals surface area contributed by atoms with Crippen LogP contribution in [0.25, 0.3) is 0 Å². The van der Waals surface area contributed by atoms with Crippen molar-refractivity contribution in [2.45, 2.75) is 221 Å². The van der Waals surface area contributed by atoms with Crippen LogP contribution in [-0.4, -0.2) is 53.7 Å². The molecule has 0 aromatic rings. The van der Waals surface area contributed by atoms with E-state index in [-0.39, 0.29) is 66.9 Å². The third kappa shape index (κ3) is 9.71. The van der Waals surface area contributed by atoms with E-state index >= 15 is 0 Å². The lowest BCUT2D eigenvalue weighted by molar-refractivity contribution is -0.232. The maximum absolute atomic E-state index is 14.6. The lowest BCUT2D eigenvalue weighted by atomic mass is 9.46. The van der Waals surface area contributed by atoms with Gasteiger partial charge in [-0.3, -0.25) is 14.4 Å². The zero-order chi connectivity index (χ0) is 39.8. The van der Waals surface area contributed by atoms with Gasteiger partial charge in [-0.25, -0.2) is 0 Å². The van der Waals surface area contributed by atoms with Gasteiger partial charge in [-0.2, -0.15) is 0 Å². The summed E-state index contributed by atoms with van der Waals surface area (Å²) in [4.78, 5) is 56.5. The summed E-state index contributed by atoms with van der Waals surface area (Å²) in [5, 5.41) is 0. The SMILES string of the molecule is CCC1(C=O)CC2(OC(=O)C(C)(CC(C)(C)C)C(C)C)CC(C)(C(=O)OC3(C)CCCC3)CC(C(=O)OC3(C)CCCC3)(C1)C2.COC1(C)CCCC1.